The highest BCUT2D eigenvalue weighted by molar-refractivity contribution is 6.04. The Bertz CT molecular complexity index is 487. The zero-order valence-electron chi connectivity index (χ0n) is 9.57. The highest BCUT2D eigenvalue weighted by Gasteiger charge is 2.13. The fourth-order valence-electron chi connectivity index (χ4n) is 1.43. The Morgan fingerprint density at radius 3 is 2.59 bits per heavy atom. The van der Waals surface area contributed by atoms with Gasteiger partial charge in [-0.3, -0.25) is 4.79 Å². The topological polar surface area (TPSA) is 64.4 Å². The standard InChI is InChI=1S/C13H14N2O2/c1-9-2-5-11(6-3-9)15-13(16)10-4-7-12(14)17-8-10/h2-7H,8,14H2,1H3,(H,15,16). The Balaban J connectivity index is 2.05. The molecule has 1 aliphatic heterocycles. The van der Waals surface area contributed by atoms with Crippen LogP contribution in [0.2, 0.25) is 0 Å². The molecule has 1 amide bonds. The molecule has 1 aliphatic rings. The number of allylic oxidation sites excluding steroid dienone is 2. The number of aryl methyl sites for hydroxylation is 1. The number of ether oxygens (including phenoxy) is 1. The van der Waals surface area contributed by atoms with Crippen LogP contribution in [0.4, 0.5) is 5.69 Å². The number of hydrogen-bond acceptors (Lipinski definition) is 3. The minimum atomic E-state index is -0.169. The molecule has 1 aromatic carbocycles. The summed E-state index contributed by atoms with van der Waals surface area (Å²) in [6.45, 7) is 2.21. The van der Waals surface area contributed by atoms with Gasteiger partial charge in [0.2, 0.25) is 0 Å². The summed E-state index contributed by atoms with van der Waals surface area (Å²) in [5.74, 6) is 0.162. The maximum Gasteiger partial charge on any atom is 0.255 e. The fraction of sp³-hybridized carbons (Fsp3) is 0.154. The molecule has 0 fully saturated rings. The third-order valence-electron chi connectivity index (χ3n) is 2.44. The number of hydrogen-bond donors (Lipinski definition) is 2. The van der Waals surface area contributed by atoms with E-state index in [1.807, 2.05) is 31.2 Å². The lowest BCUT2D eigenvalue weighted by Crippen LogP contribution is -2.21. The van der Waals surface area contributed by atoms with E-state index >= 15 is 0 Å². The van der Waals surface area contributed by atoms with Crippen molar-refractivity contribution < 1.29 is 9.53 Å². The first kappa shape index (κ1) is 11.3. The van der Waals surface area contributed by atoms with E-state index in [4.69, 9.17) is 10.5 Å². The second-order valence-electron chi connectivity index (χ2n) is 3.87. The fourth-order valence-corrected chi connectivity index (χ4v) is 1.43. The Morgan fingerprint density at radius 2 is 2.00 bits per heavy atom. The minimum absolute atomic E-state index is 0.169. The molecule has 0 aromatic heterocycles. The molecule has 0 radical (unpaired) electrons. The van der Waals surface area contributed by atoms with Crippen LogP contribution in [0.3, 0.4) is 0 Å². The zero-order chi connectivity index (χ0) is 12.3. The molecule has 1 heterocycles. The largest absolute Gasteiger partial charge is 0.474 e. The number of carbonyl (C=O) groups is 1. The molecule has 0 aliphatic carbocycles. The lowest BCUT2D eigenvalue weighted by Gasteiger charge is -2.13. The summed E-state index contributed by atoms with van der Waals surface area (Å²) in [4.78, 5) is 11.8. The highest BCUT2D eigenvalue weighted by Crippen LogP contribution is 2.12. The van der Waals surface area contributed by atoms with Crippen molar-refractivity contribution in [2.45, 2.75) is 6.92 Å². The summed E-state index contributed by atoms with van der Waals surface area (Å²) in [5.41, 5.74) is 7.90. The molecule has 0 saturated heterocycles. The molecule has 0 atom stereocenters. The molecule has 0 bridgehead atoms. The van der Waals surface area contributed by atoms with Crippen molar-refractivity contribution in [2.24, 2.45) is 5.73 Å². The van der Waals surface area contributed by atoms with Gasteiger partial charge in [0.05, 0.1) is 5.57 Å². The second kappa shape index (κ2) is 4.74. The first-order valence-corrected chi connectivity index (χ1v) is 5.32. The van der Waals surface area contributed by atoms with Gasteiger partial charge in [-0.25, -0.2) is 0 Å². The number of amides is 1. The van der Waals surface area contributed by atoms with Crippen LogP contribution in [-0.2, 0) is 9.53 Å². The molecule has 4 heteroatoms. The highest BCUT2D eigenvalue weighted by atomic mass is 16.5. The van der Waals surface area contributed by atoms with Gasteiger partial charge in [0, 0.05) is 5.69 Å². The van der Waals surface area contributed by atoms with Gasteiger partial charge >= 0.3 is 0 Å². The smallest absolute Gasteiger partial charge is 0.255 e. The van der Waals surface area contributed by atoms with E-state index in [-0.39, 0.29) is 12.5 Å². The summed E-state index contributed by atoms with van der Waals surface area (Å²) < 4.78 is 5.08. The van der Waals surface area contributed by atoms with Gasteiger partial charge in [-0.1, -0.05) is 17.7 Å². The molecule has 0 unspecified atom stereocenters. The van der Waals surface area contributed by atoms with E-state index < -0.39 is 0 Å². The van der Waals surface area contributed by atoms with Crippen LogP contribution in [0.25, 0.3) is 0 Å². The summed E-state index contributed by atoms with van der Waals surface area (Å²) in [6.07, 6.45) is 3.25. The lowest BCUT2D eigenvalue weighted by atomic mass is 10.2. The maximum absolute atomic E-state index is 11.8. The van der Waals surface area contributed by atoms with E-state index in [0.717, 1.165) is 11.3 Å². The van der Waals surface area contributed by atoms with E-state index in [2.05, 4.69) is 5.32 Å². The maximum atomic E-state index is 11.8. The first-order chi connectivity index (χ1) is 8.15. The van der Waals surface area contributed by atoms with E-state index in [9.17, 15) is 4.79 Å². The van der Waals surface area contributed by atoms with Crippen molar-refractivity contribution in [1.29, 1.82) is 0 Å². The van der Waals surface area contributed by atoms with Crippen molar-refractivity contribution in [2.75, 3.05) is 11.9 Å². The van der Waals surface area contributed by atoms with Gasteiger partial charge in [0.25, 0.3) is 5.91 Å². The number of anilines is 1. The van der Waals surface area contributed by atoms with E-state index in [0.29, 0.717) is 11.5 Å². The van der Waals surface area contributed by atoms with Gasteiger partial charge in [0.15, 0.2) is 5.88 Å². The van der Waals surface area contributed by atoms with Crippen molar-refractivity contribution in [3.63, 3.8) is 0 Å². The third kappa shape index (κ3) is 2.87. The summed E-state index contributed by atoms with van der Waals surface area (Å²) in [5, 5.41) is 2.80. The molecule has 2 rings (SSSR count). The van der Waals surface area contributed by atoms with Crippen LogP contribution < -0.4 is 11.1 Å². The van der Waals surface area contributed by atoms with Crippen molar-refractivity contribution in [3.05, 3.63) is 53.4 Å². The molecular formula is C13H14N2O2. The predicted molar refractivity (Wildman–Crippen MR) is 66.1 cm³/mol. The molecule has 4 nitrogen and oxygen atoms in total. The minimum Gasteiger partial charge on any atom is -0.474 e. The van der Waals surface area contributed by atoms with Crippen LogP contribution in [0.1, 0.15) is 5.56 Å². The molecular weight excluding hydrogens is 216 g/mol. The lowest BCUT2D eigenvalue weighted by molar-refractivity contribution is -0.113. The summed E-state index contributed by atoms with van der Waals surface area (Å²) >= 11 is 0. The number of nitrogens with one attached hydrogen (secondary N) is 1. The van der Waals surface area contributed by atoms with Crippen LogP contribution in [0.5, 0.6) is 0 Å². The van der Waals surface area contributed by atoms with Gasteiger partial charge < -0.3 is 15.8 Å². The van der Waals surface area contributed by atoms with E-state index in [1.165, 1.54) is 0 Å². The van der Waals surface area contributed by atoms with Gasteiger partial charge in [-0.15, -0.1) is 0 Å². The number of nitrogens with two attached hydrogens (primary N) is 1. The Kier molecular flexibility index (Phi) is 3.14. The first-order valence-electron chi connectivity index (χ1n) is 5.32. The normalized spacial score (nSPS) is 14.4. The van der Waals surface area contributed by atoms with Crippen molar-refractivity contribution >= 4 is 11.6 Å². The SMILES string of the molecule is Cc1ccc(NC(=O)C2=CC=C(N)OC2)cc1. The number of carbonyl (C=O) groups excluding carboxylic acids is 1. The average Bonchev–Trinajstić information content (AvgIpc) is 2.33. The third-order valence-corrected chi connectivity index (χ3v) is 2.44. The van der Waals surface area contributed by atoms with Gasteiger partial charge in [-0.05, 0) is 31.2 Å². The Hall–Kier alpha value is -2.23. The van der Waals surface area contributed by atoms with Crippen LogP contribution in [0.15, 0.2) is 47.9 Å². The van der Waals surface area contributed by atoms with E-state index in [1.54, 1.807) is 12.2 Å². The second-order valence-corrected chi connectivity index (χ2v) is 3.87. The molecule has 17 heavy (non-hydrogen) atoms. The van der Waals surface area contributed by atoms with Crippen molar-refractivity contribution in [3.8, 4) is 0 Å². The summed E-state index contributed by atoms with van der Waals surface area (Å²) in [7, 11) is 0. The Labute approximate surface area is 99.8 Å². The monoisotopic (exact) mass is 230 g/mol. The Morgan fingerprint density at radius 1 is 1.29 bits per heavy atom. The summed E-state index contributed by atoms with van der Waals surface area (Å²) in [6, 6.07) is 7.61. The molecule has 0 saturated carbocycles. The van der Waals surface area contributed by atoms with Crippen LogP contribution in [0, 0.1) is 6.92 Å². The molecule has 3 N–H and O–H groups in total. The van der Waals surface area contributed by atoms with Gasteiger partial charge in [-0.2, -0.15) is 0 Å². The molecule has 88 valence electrons. The quantitative estimate of drug-likeness (QED) is 0.812. The average molecular weight is 230 g/mol. The number of rotatable bonds is 2. The van der Waals surface area contributed by atoms with Crippen molar-refractivity contribution in [1.82, 2.24) is 0 Å². The number of benzene rings is 1. The zero-order valence-corrected chi connectivity index (χ0v) is 9.57. The molecule has 1 aromatic rings. The van der Waals surface area contributed by atoms with Crippen LogP contribution >= 0.6 is 0 Å². The molecule has 0 spiro atoms. The van der Waals surface area contributed by atoms with Crippen LogP contribution in [-0.4, -0.2) is 12.5 Å². The van der Waals surface area contributed by atoms with Gasteiger partial charge in [0.1, 0.15) is 6.61 Å². The predicted octanol–water partition coefficient (Wildman–Crippen LogP) is 1.69.